The summed E-state index contributed by atoms with van der Waals surface area (Å²) >= 11 is 6.41. The van der Waals surface area contributed by atoms with Crippen molar-refractivity contribution >= 4 is 34.1 Å². The number of anilines is 2. The molecule has 1 saturated carbocycles. The number of hydrogen-bond donors (Lipinski definition) is 2. The second-order valence-electron chi connectivity index (χ2n) is 7.57. The van der Waals surface area contributed by atoms with Gasteiger partial charge in [0, 0.05) is 24.0 Å². The first-order valence-electron chi connectivity index (χ1n) is 9.69. The number of fused-ring (bicyclic) bond motifs is 1. The number of halogens is 2. The van der Waals surface area contributed by atoms with Crippen LogP contribution in [0.5, 0.6) is 0 Å². The van der Waals surface area contributed by atoms with Crippen molar-refractivity contribution in [3.8, 4) is 6.07 Å². The van der Waals surface area contributed by atoms with Gasteiger partial charge in [-0.2, -0.15) is 10.4 Å². The van der Waals surface area contributed by atoms with Gasteiger partial charge in [0.25, 0.3) is 0 Å². The van der Waals surface area contributed by atoms with Crippen LogP contribution in [0.4, 0.5) is 16.0 Å². The minimum Gasteiger partial charge on any atom is -0.320 e. The molecule has 148 valence electrons. The molecule has 0 bridgehead atoms. The van der Waals surface area contributed by atoms with Crippen molar-refractivity contribution in [2.75, 3.05) is 18.4 Å². The maximum atomic E-state index is 14.5. The Labute approximate surface area is 171 Å². The van der Waals surface area contributed by atoms with Crippen molar-refractivity contribution in [3.05, 3.63) is 40.8 Å². The van der Waals surface area contributed by atoms with Gasteiger partial charge in [-0.25, -0.2) is 19.0 Å². The van der Waals surface area contributed by atoms with Gasteiger partial charge in [-0.1, -0.05) is 11.6 Å². The predicted octanol–water partition coefficient (Wildman–Crippen LogP) is 3.84. The van der Waals surface area contributed by atoms with Crippen molar-refractivity contribution in [3.63, 3.8) is 0 Å². The van der Waals surface area contributed by atoms with Crippen LogP contribution >= 0.6 is 11.6 Å². The smallest absolute Gasteiger partial charge is 0.227 e. The number of benzene rings is 1. The molecule has 0 amide bonds. The Bertz CT molecular complexity index is 1120. The highest BCUT2D eigenvalue weighted by molar-refractivity contribution is 6.32. The van der Waals surface area contributed by atoms with Crippen LogP contribution in [0.1, 0.15) is 42.3 Å². The lowest BCUT2D eigenvalue weighted by molar-refractivity contribution is 0.231. The van der Waals surface area contributed by atoms with E-state index in [1.165, 1.54) is 0 Å². The van der Waals surface area contributed by atoms with Gasteiger partial charge in [-0.15, -0.1) is 0 Å². The van der Waals surface area contributed by atoms with E-state index in [2.05, 4.69) is 31.8 Å². The molecular weight excluding hydrogens is 393 g/mol. The van der Waals surface area contributed by atoms with Gasteiger partial charge in [0.2, 0.25) is 5.95 Å². The predicted molar refractivity (Wildman–Crippen MR) is 108 cm³/mol. The Morgan fingerprint density at radius 2 is 2.14 bits per heavy atom. The lowest BCUT2D eigenvalue weighted by atomic mass is 9.85. The molecular formula is C20H19ClFN7. The Balaban J connectivity index is 1.50. The molecule has 3 aromatic rings. The van der Waals surface area contributed by atoms with Crippen molar-refractivity contribution in [1.29, 1.82) is 5.26 Å². The van der Waals surface area contributed by atoms with Crippen LogP contribution in [0, 0.1) is 11.3 Å². The van der Waals surface area contributed by atoms with E-state index < -0.39 is 6.17 Å². The van der Waals surface area contributed by atoms with Gasteiger partial charge in [0.05, 0.1) is 35.1 Å². The molecule has 1 aliphatic carbocycles. The van der Waals surface area contributed by atoms with Crippen molar-refractivity contribution < 1.29 is 4.39 Å². The van der Waals surface area contributed by atoms with E-state index >= 15 is 0 Å². The van der Waals surface area contributed by atoms with Crippen LogP contribution in [0.3, 0.4) is 0 Å². The first-order chi connectivity index (χ1) is 14.1. The molecule has 3 heterocycles. The van der Waals surface area contributed by atoms with Crippen LogP contribution in [0.15, 0.2) is 24.5 Å². The van der Waals surface area contributed by atoms with E-state index in [1.807, 2.05) is 6.07 Å². The molecule has 5 rings (SSSR count). The molecule has 7 nitrogen and oxygen atoms in total. The van der Waals surface area contributed by atoms with E-state index in [0.29, 0.717) is 52.4 Å². The maximum absolute atomic E-state index is 14.5. The van der Waals surface area contributed by atoms with Gasteiger partial charge in [-0.3, -0.25) is 0 Å². The molecule has 2 aliphatic rings. The maximum Gasteiger partial charge on any atom is 0.227 e. The van der Waals surface area contributed by atoms with Gasteiger partial charge in [-0.05, 0) is 43.5 Å². The first kappa shape index (κ1) is 18.3. The Morgan fingerprint density at radius 1 is 1.28 bits per heavy atom. The molecule has 2 aromatic heterocycles. The van der Waals surface area contributed by atoms with E-state index in [4.69, 9.17) is 11.6 Å². The van der Waals surface area contributed by atoms with Crippen LogP contribution in [-0.2, 0) is 0 Å². The monoisotopic (exact) mass is 411 g/mol. The van der Waals surface area contributed by atoms with E-state index in [9.17, 15) is 9.65 Å². The second-order valence-corrected chi connectivity index (χ2v) is 7.93. The molecule has 1 aliphatic heterocycles. The SMILES string of the molecule is N#Cc1cc2cnc(Nc3cnn(C4CC4)c3Cl)nc2cc1C1CCNCC1F. The van der Waals surface area contributed by atoms with Gasteiger partial charge in [0.15, 0.2) is 5.15 Å². The summed E-state index contributed by atoms with van der Waals surface area (Å²) in [4.78, 5) is 8.91. The second kappa shape index (κ2) is 7.25. The first-order valence-corrected chi connectivity index (χ1v) is 10.1. The molecule has 29 heavy (non-hydrogen) atoms. The molecule has 1 aromatic carbocycles. The zero-order valence-corrected chi connectivity index (χ0v) is 16.3. The van der Waals surface area contributed by atoms with Gasteiger partial charge >= 0.3 is 0 Å². The summed E-state index contributed by atoms with van der Waals surface area (Å²) in [5.74, 6) is 0.0698. The zero-order chi connectivity index (χ0) is 20.0. The van der Waals surface area contributed by atoms with Crippen molar-refractivity contribution in [2.45, 2.75) is 37.4 Å². The number of hydrogen-bond acceptors (Lipinski definition) is 6. The Morgan fingerprint density at radius 3 is 2.90 bits per heavy atom. The topological polar surface area (TPSA) is 91.5 Å². The summed E-state index contributed by atoms with van der Waals surface area (Å²) in [5, 5.41) is 21.3. The van der Waals surface area contributed by atoms with Gasteiger partial charge < -0.3 is 10.6 Å². The fourth-order valence-electron chi connectivity index (χ4n) is 3.86. The molecule has 0 radical (unpaired) electrons. The third kappa shape index (κ3) is 3.41. The molecule has 0 spiro atoms. The standard InChI is InChI=1S/C20H19ClFN7/c21-19-18(10-26-29(19)13-1-2-13)28-20-25-8-12-5-11(7-23)15(6-17(12)27-20)14-3-4-24-9-16(14)22/h5-6,8,10,13-14,16,24H,1-4,9H2,(H,25,27,28). The minimum atomic E-state index is -1.03. The fraction of sp³-hybridized carbons (Fsp3) is 0.400. The Kier molecular flexibility index (Phi) is 4.57. The van der Waals surface area contributed by atoms with Crippen LogP contribution in [-0.4, -0.2) is 39.0 Å². The summed E-state index contributed by atoms with van der Waals surface area (Å²) < 4.78 is 16.3. The number of nitriles is 1. The highest BCUT2D eigenvalue weighted by atomic mass is 35.5. The van der Waals surface area contributed by atoms with Crippen LogP contribution < -0.4 is 10.6 Å². The largest absolute Gasteiger partial charge is 0.320 e. The van der Waals surface area contributed by atoms with Crippen LogP contribution in [0.2, 0.25) is 5.15 Å². The highest BCUT2D eigenvalue weighted by Gasteiger charge is 2.29. The quantitative estimate of drug-likeness (QED) is 0.677. The number of aromatic nitrogens is 4. The third-order valence-corrected chi connectivity index (χ3v) is 5.93. The van der Waals surface area contributed by atoms with E-state index in [1.54, 1.807) is 23.1 Å². The average Bonchev–Trinajstić information content (AvgIpc) is 3.51. The number of piperidine rings is 1. The highest BCUT2D eigenvalue weighted by Crippen LogP contribution is 2.39. The molecule has 2 N–H and O–H groups in total. The van der Waals surface area contributed by atoms with E-state index in [0.717, 1.165) is 24.8 Å². The molecule has 2 atom stereocenters. The molecule has 2 unspecified atom stereocenters. The molecule has 1 saturated heterocycles. The lowest BCUT2D eigenvalue weighted by Crippen LogP contribution is -2.37. The summed E-state index contributed by atoms with van der Waals surface area (Å²) in [7, 11) is 0. The number of nitrogens with one attached hydrogen (secondary N) is 2. The summed E-state index contributed by atoms with van der Waals surface area (Å²) in [6.07, 6.45) is 5.12. The zero-order valence-electron chi connectivity index (χ0n) is 15.6. The molecule has 9 heteroatoms. The van der Waals surface area contributed by atoms with E-state index in [-0.39, 0.29) is 5.92 Å². The van der Waals surface area contributed by atoms with Crippen molar-refractivity contribution in [2.24, 2.45) is 0 Å². The number of rotatable bonds is 4. The normalized spacial score (nSPS) is 21.8. The van der Waals surface area contributed by atoms with Crippen molar-refractivity contribution in [1.82, 2.24) is 25.1 Å². The van der Waals surface area contributed by atoms with Crippen LogP contribution in [0.25, 0.3) is 10.9 Å². The summed E-state index contributed by atoms with van der Waals surface area (Å²) in [6.45, 7) is 1.03. The number of alkyl halides is 1. The third-order valence-electron chi connectivity index (χ3n) is 5.55. The Hall–Kier alpha value is -2.76. The summed E-state index contributed by atoms with van der Waals surface area (Å²) in [6, 6.07) is 6.13. The minimum absolute atomic E-state index is 0.299. The lowest BCUT2D eigenvalue weighted by Gasteiger charge is -2.27. The average molecular weight is 412 g/mol. The summed E-state index contributed by atoms with van der Waals surface area (Å²) in [5.41, 5.74) is 2.49. The van der Waals surface area contributed by atoms with Gasteiger partial charge in [0.1, 0.15) is 6.17 Å². The fourth-order valence-corrected chi connectivity index (χ4v) is 4.13. The number of nitrogens with zero attached hydrogens (tertiary/aromatic N) is 5. The molecule has 2 fully saturated rings.